The third-order valence-electron chi connectivity index (χ3n) is 9.75. The number of rotatable bonds is 12. The van der Waals surface area contributed by atoms with Crippen LogP contribution in [0.15, 0.2) is 112 Å². The second-order valence-electron chi connectivity index (χ2n) is 13.2. The van der Waals surface area contributed by atoms with E-state index in [-0.39, 0.29) is 5.43 Å². The summed E-state index contributed by atoms with van der Waals surface area (Å²) < 4.78 is 19.8. The van der Waals surface area contributed by atoms with Crippen LogP contribution in [0.5, 0.6) is 11.5 Å². The molecule has 2 aliphatic heterocycles. The van der Waals surface area contributed by atoms with Crippen molar-refractivity contribution in [2.24, 2.45) is 0 Å². The minimum atomic E-state index is -1.21. The van der Waals surface area contributed by atoms with Gasteiger partial charge >= 0.3 is 5.79 Å². The fourth-order valence-corrected chi connectivity index (χ4v) is 6.88. The Morgan fingerprint density at radius 2 is 1.40 bits per heavy atom. The van der Waals surface area contributed by atoms with Crippen LogP contribution in [0.1, 0.15) is 43.2 Å². The average molecular weight is 644 g/mol. The number of likely N-dealkylation sites (N-methyl/N-ethyl adjacent to an activating group) is 1. The lowest BCUT2D eigenvalue weighted by Crippen LogP contribution is -2.36. The summed E-state index contributed by atoms with van der Waals surface area (Å²) in [6, 6.07) is 33.0. The highest BCUT2D eigenvalue weighted by Crippen LogP contribution is 2.50. The molecule has 0 bridgehead atoms. The van der Waals surface area contributed by atoms with E-state index in [9.17, 15) is 4.79 Å². The highest BCUT2D eigenvalue weighted by atomic mass is 16.7. The zero-order chi connectivity index (χ0) is 32.9. The van der Waals surface area contributed by atoms with Gasteiger partial charge < -0.3 is 28.6 Å². The predicted molar refractivity (Wildman–Crippen MR) is 193 cm³/mol. The predicted octanol–water partition coefficient (Wildman–Crippen LogP) is 7.77. The lowest BCUT2D eigenvalue weighted by molar-refractivity contribution is -0.0456. The van der Waals surface area contributed by atoms with E-state index in [0.29, 0.717) is 28.2 Å². The smallest absolute Gasteiger partial charge is 0.305 e. The number of likely N-dealkylation sites (tertiary alicyclic amines) is 1. The van der Waals surface area contributed by atoms with Gasteiger partial charge in [-0.15, -0.1) is 0 Å². The monoisotopic (exact) mass is 643 g/mol. The molecule has 7 heteroatoms. The number of hydrogen-bond acceptors (Lipinski definition) is 7. The van der Waals surface area contributed by atoms with E-state index in [0.717, 1.165) is 48.4 Å². The van der Waals surface area contributed by atoms with E-state index in [1.807, 2.05) is 72.8 Å². The van der Waals surface area contributed by atoms with Crippen LogP contribution in [0.4, 0.5) is 5.69 Å². The molecule has 5 aromatic rings. The molecule has 7 rings (SSSR count). The van der Waals surface area contributed by atoms with E-state index in [1.54, 1.807) is 18.2 Å². The Labute approximate surface area is 283 Å². The number of nitrogens with zero attached hydrogens (tertiary/aromatic N) is 3. The van der Waals surface area contributed by atoms with Crippen molar-refractivity contribution in [3.05, 3.63) is 124 Å². The van der Waals surface area contributed by atoms with Gasteiger partial charge in [0, 0.05) is 55.1 Å². The highest BCUT2D eigenvalue weighted by Gasteiger charge is 2.46. The van der Waals surface area contributed by atoms with Crippen molar-refractivity contribution in [2.75, 3.05) is 58.3 Å². The molecule has 0 saturated carbocycles. The van der Waals surface area contributed by atoms with Gasteiger partial charge in [0.25, 0.3) is 0 Å². The molecule has 48 heavy (non-hydrogen) atoms. The van der Waals surface area contributed by atoms with Gasteiger partial charge in [0.2, 0.25) is 5.75 Å². The standard InChI is InChI=1S/C41H45N3O4/c1-42(28-29-44-26-10-5-11-27-44)24-12-13-25-43(2)34-20-18-31(19-21-34)38-30-36(45)35-22-23-37-40(39(35)46-38)48-41(47-37,32-14-6-3-7-15-32)33-16-8-4-9-17-33/h3-4,6-9,14-23,30H,5,10-13,24-29H2,1-2H3. The number of anilines is 1. The molecule has 7 nitrogen and oxygen atoms in total. The van der Waals surface area contributed by atoms with E-state index in [2.05, 4.69) is 40.9 Å². The van der Waals surface area contributed by atoms with E-state index in [4.69, 9.17) is 13.9 Å². The van der Waals surface area contributed by atoms with Crippen molar-refractivity contribution in [1.29, 1.82) is 0 Å². The Bertz CT molecular complexity index is 1830. The second kappa shape index (κ2) is 14.3. The molecular formula is C41H45N3O4. The summed E-state index contributed by atoms with van der Waals surface area (Å²) in [5, 5.41) is 0.450. The largest absolute Gasteiger partial charge is 0.452 e. The van der Waals surface area contributed by atoms with Gasteiger partial charge in [-0.2, -0.15) is 0 Å². The van der Waals surface area contributed by atoms with Crippen molar-refractivity contribution in [1.82, 2.24) is 9.80 Å². The van der Waals surface area contributed by atoms with Crippen molar-refractivity contribution in [3.8, 4) is 22.8 Å². The summed E-state index contributed by atoms with van der Waals surface area (Å²) in [6.45, 7) is 6.97. The van der Waals surface area contributed by atoms with Crippen LogP contribution in [0.3, 0.4) is 0 Å². The van der Waals surface area contributed by atoms with Crippen LogP contribution in [0.2, 0.25) is 0 Å². The summed E-state index contributed by atoms with van der Waals surface area (Å²) in [4.78, 5) is 20.8. The van der Waals surface area contributed by atoms with Crippen molar-refractivity contribution < 1.29 is 13.9 Å². The number of ether oxygens (including phenoxy) is 2. The maximum atomic E-state index is 13.4. The maximum absolute atomic E-state index is 13.4. The maximum Gasteiger partial charge on any atom is 0.305 e. The van der Waals surface area contributed by atoms with Gasteiger partial charge in [-0.25, -0.2) is 0 Å². The molecule has 1 fully saturated rings. The second-order valence-corrected chi connectivity index (χ2v) is 13.2. The normalized spacial score (nSPS) is 15.6. The molecule has 0 unspecified atom stereocenters. The van der Waals surface area contributed by atoms with Crippen LogP contribution in [0, 0.1) is 0 Å². The minimum absolute atomic E-state index is 0.128. The van der Waals surface area contributed by atoms with E-state index >= 15 is 0 Å². The molecule has 3 heterocycles. The average Bonchev–Trinajstić information content (AvgIpc) is 3.55. The van der Waals surface area contributed by atoms with E-state index < -0.39 is 5.79 Å². The van der Waals surface area contributed by atoms with Crippen molar-refractivity contribution in [2.45, 2.75) is 37.9 Å². The zero-order valence-electron chi connectivity index (χ0n) is 28.1. The van der Waals surface area contributed by atoms with Gasteiger partial charge in [-0.05, 0) is 88.8 Å². The van der Waals surface area contributed by atoms with Gasteiger partial charge in [0.1, 0.15) is 5.76 Å². The van der Waals surface area contributed by atoms with Gasteiger partial charge in [-0.3, -0.25) is 4.79 Å². The molecule has 1 aromatic heterocycles. The molecule has 248 valence electrons. The first-order valence-electron chi connectivity index (χ1n) is 17.3. The van der Waals surface area contributed by atoms with Crippen LogP contribution in [-0.2, 0) is 5.79 Å². The number of benzene rings is 4. The number of piperidine rings is 1. The third-order valence-corrected chi connectivity index (χ3v) is 9.75. The Balaban J connectivity index is 1.04. The Morgan fingerprint density at radius 3 is 2.08 bits per heavy atom. The minimum Gasteiger partial charge on any atom is -0.452 e. The number of unbranched alkanes of at least 4 members (excludes halogenated alkanes) is 1. The first-order valence-corrected chi connectivity index (χ1v) is 17.3. The number of fused-ring (bicyclic) bond motifs is 3. The Hall–Kier alpha value is -4.59. The Morgan fingerprint density at radius 1 is 0.729 bits per heavy atom. The van der Waals surface area contributed by atoms with Crippen LogP contribution >= 0.6 is 0 Å². The molecule has 0 atom stereocenters. The first-order chi connectivity index (χ1) is 23.5. The quantitative estimate of drug-likeness (QED) is 0.129. The first kappa shape index (κ1) is 32.0. The van der Waals surface area contributed by atoms with Crippen LogP contribution < -0.4 is 19.8 Å². The molecule has 0 spiro atoms. The van der Waals surface area contributed by atoms with Crippen molar-refractivity contribution in [3.63, 3.8) is 0 Å². The third kappa shape index (κ3) is 6.71. The fourth-order valence-electron chi connectivity index (χ4n) is 6.88. The number of hydrogen-bond donors (Lipinski definition) is 0. The molecular weight excluding hydrogens is 598 g/mol. The van der Waals surface area contributed by atoms with Gasteiger partial charge in [0.05, 0.1) is 5.39 Å². The SMILES string of the molecule is CN(CCCCN(C)c1ccc(-c2cc(=O)c3ccc4c(c3o2)OC(c2ccccc2)(c2ccccc2)O4)cc1)CCN1CCCCC1. The Kier molecular flexibility index (Phi) is 9.50. The van der Waals surface area contributed by atoms with Crippen LogP contribution in [-0.4, -0.2) is 63.2 Å². The molecule has 1 saturated heterocycles. The summed E-state index contributed by atoms with van der Waals surface area (Å²) in [6.07, 6.45) is 6.40. The summed E-state index contributed by atoms with van der Waals surface area (Å²) in [7, 11) is 4.38. The molecule has 0 N–H and O–H groups in total. The zero-order valence-corrected chi connectivity index (χ0v) is 28.1. The van der Waals surface area contributed by atoms with E-state index in [1.165, 1.54) is 45.3 Å². The van der Waals surface area contributed by atoms with Crippen molar-refractivity contribution >= 4 is 16.7 Å². The lowest BCUT2D eigenvalue weighted by Gasteiger charge is -2.28. The summed E-state index contributed by atoms with van der Waals surface area (Å²) in [5.41, 5.74) is 3.91. The topological polar surface area (TPSA) is 58.4 Å². The summed E-state index contributed by atoms with van der Waals surface area (Å²) >= 11 is 0. The summed E-state index contributed by atoms with van der Waals surface area (Å²) in [5.74, 6) is 0.235. The van der Waals surface area contributed by atoms with Gasteiger partial charge in [-0.1, -0.05) is 67.1 Å². The highest BCUT2D eigenvalue weighted by molar-refractivity contribution is 5.87. The molecule has 0 aliphatic carbocycles. The molecule has 4 aromatic carbocycles. The van der Waals surface area contributed by atoms with Crippen LogP contribution in [0.25, 0.3) is 22.3 Å². The molecule has 0 amide bonds. The molecule has 2 aliphatic rings. The van der Waals surface area contributed by atoms with Gasteiger partial charge in [0.15, 0.2) is 16.8 Å². The fraction of sp³-hybridized carbons (Fsp3) is 0.341. The lowest BCUT2D eigenvalue weighted by atomic mass is 9.97. The molecule has 0 radical (unpaired) electrons.